The van der Waals surface area contributed by atoms with E-state index in [0.717, 1.165) is 23.4 Å². The van der Waals surface area contributed by atoms with Gasteiger partial charge in [-0.1, -0.05) is 41.9 Å². The number of aromatic nitrogens is 2. The molecule has 18 heavy (non-hydrogen) atoms. The Hall–Kier alpha value is -1.13. The third-order valence-electron chi connectivity index (χ3n) is 3.04. The first-order valence-electron chi connectivity index (χ1n) is 6.03. The summed E-state index contributed by atoms with van der Waals surface area (Å²) in [7, 11) is 0. The summed E-state index contributed by atoms with van der Waals surface area (Å²) >= 11 is 3.46. The summed E-state index contributed by atoms with van der Waals surface area (Å²) in [5.41, 5.74) is 1.44. The molecule has 2 rings (SSSR count). The molecule has 1 aromatic carbocycles. The molecule has 2 aromatic rings. The minimum atomic E-state index is 0.104. The van der Waals surface area contributed by atoms with Crippen molar-refractivity contribution in [2.75, 3.05) is 6.54 Å². The molecule has 3 nitrogen and oxygen atoms in total. The fourth-order valence-electron chi connectivity index (χ4n) is 1.89. The first kappa shape index (κ1) is 13.3. The number of imidazole rings is 1. The second-order valence-corrected chi connectivity index (χ2v) is 5.95. The zero-order valence-corrected chi connectivity index (χ0v) is 12.3. The molecule has 0 aliphatic carbocycles. The number of halogens is 1. The third-order valence-corrected chi connectivity index (χ3v) is 3.57. The highest BCUT2D eigenvalue weighted by molar-refractivity contribution is 9.10. The highest BCUT2D eigenvalue weighted by Crippen LogP contribution is 2.24. The molecule has 96 valence electrons. The highest BCUT2D eigenvalue weighted by atomic mass is 79.9. The van der Waals surface area contributed by atoms with E-state index in [1.165, 1.54) is 5.56 Å². The van der Waals surface area contributed by atoms with Crippen LogP contribution in [0.4, 0.5) is 0 Å². The van der Waals surface area contributed by atoms with Crippen molar-refractivity contribution >= 4 is 15.9 Å². The molecule has 2 N–H and O–H groups in total. The number of hydrogen-bond acceptors (Lipinski definition) is 2. The number of nitrogens with one attached hydrogen (secondary N) is 2. The lowest BCUT2D eigenvalue weighted by Gasteiger charge is -2.25. The lowest BCUT2D eigenvalue weighted by molar-refractivity contribution is 0.465. The molecule has 1 heterocycles. The van der Waals surface area contributed by atoms with Crippen LogP contribution in [0.3, 0.4) is 0 Å². The number of rotatable bonds is 5. The normalized spacial score (nSPS) is 11.7. The van der Waals surface area contributed by atoms with Gasteiger partial charge in [-0.2, -0.15) is 0 Å². The minimum absolute atomic E-state index is 0.104. The van der Waals surface area contributed by atoms with E-state index in [0.29, 0.717) is 0 Å². The molecule has 0 unspecified atom stereocenters. The van der Waals surface area contributed by atoms with Crippen LogP contribution in [0.15, 0.2) is 41.1 Å². The Morgan fingerprint density at radius 3 is 2.61 bits per heavy atom. The lowest BCUT2D eigenvalue weighted by Crippen LogP contribution is -2.32. The quantitative estimate of drug-likeness (QED) is 0.890. The van der Waals surface area contributed by atoms with Crippen LogP contribution in [0.25, 0.3) is 0 Å². The number of hydrogen-bond donors (Lipinski definition) is 2. The first-order chi connectivity index (χ1) is 8.58. The monoisotopic (exact) mass is 307 g/mol. The van der Waals surface area contributed by atoms with Gasteiger partial charge in [0.25, 0.3) is 0 Å². The maximum atomic E-state index is 4.20. The van der Waals surface area contributed by atoms with Gasteiger partial charge in [-0.25, -0.2) is 4.98 Å². The van der Waals surface area contributed by atoms with Crippen LogP contribution < -0.4 is 5.32 Å². The zero-order valence-electron chi connectivity index (χ0n) is 10.7. The molecule has 0 saturated carbocycles. The van der Waals surface area contributed by atoms with E-state index < -0.39 is 0 Å². The molecule has 1 aromatic heterocycles. The van der Waals surface area contributed by atoms with Gasteiger partial charge in [0.1, 0.15) is 5.82 Å². The smallest absolute Gasteiger partial charge is 0.120 e. The standard InChI is InChI=1S/C14H18BrN3/c1-14(2,11-3-5-12(15)6-4-11)10-16-9-13-17-7-8-18-13/h3-8,16H,9-10H2,1-2H3,(H,17,18). The van der Waals surface area contributed by atoms with E-state index in [2.05, 4.69) is 69.3 Å². The maximum absolute atomic E-state index is 4.20. The van der Waals surface area contributed by atoms with Crippen LogP contribution in [0.1, 0.15) is 25.2 Å². The Balaban J connectivity index is 1.92. The summed E-state index contributed by atoms with van der Waals surface area (Å²) in [6.45, 7) is 6.17. The van der Waals surface area contributed by atoms with Gasteiger partial charge in [0.2, 0.25) is 0 Å². The van der Waals surface area contributed by atoms with Crippen molar-refractivity contribution in [3.8, 4) is 0 Å². The number of benzene rings is 1. The van der Waals surface area contributed by atoms with Crippen LogP contribution in [-0.2, 0) is 12.0 Å². The predicted octanol–water partition coefficient (Wildman–Crippen LogP) is 3.24. The zero-order chi connectivity index (χ0) is 13.0. The molecule has 4 heteroatoms. The molecule has 0 spiro atoms. The number of H-pyrrole nitrogens is 1. The van der Waals surface area contributed by atoms with Gasteiger partial charge in [-0.3, -0.25) is 0 Å². The number of aromatic amines is 1. The predicted molar refractivity (Wildman–Crippen MR) is 77.5 cm³/mol. The van der Waals surface area contributed by atoms with Crippen LogP contribution in [-0.4, -0.2) is 16.5 Å². The SMILES string of the molecule is CC(C)(CNCc1ncc[nH]1)c1ccc(Br)cc1. The molecule has 0 aliphatic rings. The summed E-state index contributed by atoms with van der Waals surface area (Å²) in [5.74, 6) is 0.974. The fraction of sp³-hybridized carbons (Fsp3) is 0.357. The van der Waals surface area contributed by atoms with Crippen molar-refractivity contribution < 1.29 is 0 Å². The van der Waals surface area contributed by atoms with E-state index in [1.807, 2.05) is 6.20 Å². The Morgan fingerprint density at radius 1 is 1.28 bits per heavy atom. The van der Waals surface area contributed by atoms with Crippen LogP contribution in [0.2, 0.25) is 0 Å². The molecule has 0 saturated heterocycles. The van der Waals surface area contributed by atoms with Gasteiger partial charge in [0, 0.05) is 28.8 Å². The van der Waals surface area contributed by atoms with Gasteiger partial charge in [0.15, 0.2) is 0 Å². The average Bonchev–Trinajstić information content (AvgIpc) is 2.82. The third kappa shape index (κ3) is 3.43. The van der Waals surface area contributed by atoms with Crippen LogP contribution in [0, 0.1) is 0 Å². The van der Waals surface area contributed by atoms with Crippen molar-refractivity contribution in [2.45, 2.75) is 25.8 Å². The summed E-state index contributed by atoms with van der Waals surface area (Å²) in [4.78, 5) is 7.29. The van der Waals surface area contributed by atoms with Crippen molar-refractivity contribution in [2.24, 2.45) is 0 Å². The van der Waals surface area contributed by atoms with Gasteiger partial charge in [-0.05, 0) is 17.7 Å². The molecule has 0 amide bonds. The molecule has 0 aliphatic heterocycles. The minimum Gasteiger partial charge on any atom is -0.348 e. The summed E-state index contributed by atoms with van der Waals surface area (Å²) in [5, 5.41) is 3.44. The second-order valence-electron chi connectivity index (χ2n) is 5.03. The van der Waals surface area contributed by atoms with E-state index in [4.69, 9.17) is 0 Å². The molecule has 0 atom stereocenters. The van der Waals surface area contributed by atoms with Crippen LogP contribution in [0.5, 0.6) is 0 Å². The Labute approximate surface area is 116 Å². The number of nitrogens with zero attached hydrogens (tertiary/aromatic N) is 1. The van der Waals surface area contributed by atoms with Gasteiger partial charge < -0.3 is 10.3 Å². The van der Waals surface area contributed by atoms with Gasteiger partial charge >= 0.3 is 0 Å². The summed E-state index contributed by atoms with van der Waals surface area (Å²) in [6, 6.07) is 8.50. The molecule has 0 fully saturated rings. The van der Waals surface area contributed by atoms with Crippen molar-refractivity contribution in [3.05, 3.63) is 52.5 Å². The van der Waals surface area contributed by atoms with Crippen molar-refractivity contribution in [3.63, 3.8) is 0 Å². The van der Waals surface area contributed by atoms with Crippen molar-refractivity contribution in [1.82, 2.24) is 15.3 Å². The van der Waals surface area contributed by atoms with E-state index in [9.17, 15) is 0 Å². The average molecular weight is 308 g/mol. The van der Waals surface area contributed by atoms with E-state index in [1.54, 1.807) is 6.20 Å². The Morgan fingerprint density at radius 2 is 2.00 bits per heavy atom. The topological polar surface area (TPSA) is 40.7 Å². The molecule has 0 bridgehead atoms. The Bertz CT molecular complexity index is 474. The molecule has 0 radical (unpaired) electrons. The van der Waals surface area contributed by atoms with Gasteiger partial charge in [0.05, 0.1) is 6.54 Å². The van der Waals surface area contributed by atoms with E-state index in [-0.39, 0.29) is 5.41 Å². The summed E-state index contributed by atoms with van der Waals surface area (Å²) < 4.78 is 1.12. The molecular weight excluding hydrogens is 290 g/mol. The maximum Gasteiger partial charge on any atom is 0.120 e. The lowest BCUT2D eigenvalue weighted by atomic mass is 9.84. The first-order valence-corrected chi connectivity index (χ1v) is 6.82. The molecular formula is C14H18BrN3. The highest BCUT2D eigenvalue weighted by Gasteiger charge is 2.19. The van der Waals surface area contributed by atoms with Crippen LogP contribution >= 0.6 is 15.9 Å². The fourth-order valence-corrected chi connectivity index (χ4v) is 2.16. The largest absolute Gasteiger partial charge is 0.348 e. The van der Waals surface area contributed by atoms with Gasteiger partial charge in [-0.15, -0.1) is 0 Å². The Kier molecular flexibility index (Phi) is 4.19. The second kappa shape index (κ2) is 5.67. The van der Waals surface area contributed by atoms with E-state index >= 15 is 0 Å². The summed E-state index contributed by atoms with van der Waals surface area (Å²) in [6.07, 6.45) is 3.62. The van der Waals surface area contributed by atoms with Crippen molar-refractivity contribution in [1.29, 1.82) is 0 Å².